The SMILES string of the molecule is CCC(NC(=O)c1cn(-c2c(F)cc(F)cc2F)c2nc(N3CC(N)CC3=O)ccc2c1=O)C(F)(F)F. The van der Waals surface area contributed by atoms with Gasteiger partial charge in [-0.2, -0.15) is 13.2 Å². The number of rotatable bonds is 5. The molecule has 0 bridgehead atoms. The summed E-state index contributed by atoms with van der Waals surface area (Å²) in [5.74, 6) is -6.02. The van der Waals surface area contributed by atoms with E-state index < -0.39 is 81.7 Å². The summed E-state index contributed by atoms with van der Waals surface area (Å²) >= 11 is 0. The van der Waals surface area contributed by atoms with Crippen molar-refractivity contribution in [3.63, 3.8) is 0 Å². The molecule has 4 rings (SSSR count). The first-order chi connectivity index (χ1) is 17.3. The number of anilines is 1. The van der Waals surface area contributed by atoms with Crippen LogP contribution in [0.25, 0.3) is 16.7 Å². The fourth-order valence-corrected chi connectivity index (χ4v) is 4.05. The molecule has 14 heteroatoms. The maximum atomic E-state index is 14.8. The minimum absolute atomic E-state index is 0.00461. The van der Waals surface area contributed by atoms with Crippen LogP contribution in [0.4, 0.5) is 32.2 Å². The molecule has 0 aliphatic carbocycles. The van der Waals surface area contributed by atoms with E-state index in [4.69, 9.17) is 5.73 Å². The predicted octanol–water partition coefficient (Wildman–Crippen LogP) is 2.94. The molecule has 1 saturated heterocycles. The third-order valence-corrected chi connectivity index (χ3v) is 5.84. The van der Waals surface area contributed by atoms with Crippen LogP contribution in [0.5, 0.6) is 0 Å². The Balaban J connectivity index is 1.96. The first-order valence-corrected chi connectivity index (χ1v) is 11.0. The summed E-state index contributed by atoms with van der Waals surface area (Å²) < 4.78 is 83.3. The lowest BCUT2D eigenvalue weighted by Crippen LogP contribution is -2.46. The Bertz CT molecular complexity index is 1450. The minimum Gasteiger partial charge on any atom is -0.340 e. The summed E-state index contributed by atoms with van der Waals surface area (Å²) in [4.78, 5) is 43.5. The van der Waals surface area contributed by atoms with Crippen molar-refractivity contribution in [3.8, 4) is 5.69 Å². The van der Waals surface area contributed by atoms with E-state index in [1.165, 1.54) is 11.0 Å². The molecular weight excluding hydrogens is 508 g/mol. The Hall–Kier alpha value is -3.94. The van der Waals surface area contributed by atoms with Crippen LogP contribution in [0.15, 0.2) is 35.3 Å². The van der Waals surface area contributed by atoms with Crippen molar-refractivity contribution in [1.29, 1.82) is 0 Å². The molecule has 196 valence electrons. The standard InChI is InChI=1S/C23H19F6N5O3/c1-2-16(23(27,28)29)31-22(37)13-9-34(19-14(25)5-10(24)6-15(19)26)21-12(20(13)36)3-4-17(32-21)33-8-11(30)7-18(33)35/h3-6,9,11,16H,2,7-8,30H2,1H3,(H,31,37). The fourth-order valence-electron chi connectivity index (χ4n) is 4.05. The van der Waals surface area contributed by atoms with E-state index >= 15 is 0 Å². The molecule has 1 aliphatic heterocycles. The van der Waals surface area contributed by atoms with E-state index in [1.807, 2.05) is 0 Å². The number of benzene rings is 1. The second-order valence-corrected chi connectivity index (χ2v) is 8.45. The van der Waals surface area contributed by atoms with Gasteiger partial charge in [0, 0.05) is 37.3 Å². The lowest BCUT2D eigenvalue weighted by molar-refractivity contribution is -0.153. The highest BCUT2D eigenvalue weighted by molar-refractivity contribution is 5.99. The predicted molar refractivity (Wildman–Crippen MR) is 120 cm³/mol. The topological polar surface area (TPSA) is 110 Å². The van der Waals surface area contributed by atoms with E-state index in [2.05, 4.69) is 4.98 Å². The largest absolute Gasteiger partial charge is 0.408 e. The monoisotopic (exact) mass is 527 g/mol. The Morgan fingerprint density at radius 1 is 1.19 bits per heavy atom. The van der Waals surface area contributed by atoms with Crippen LogP contribution in [0.3, 0.4) is 0 Å². The zero-order valence-corrected chi connectivity index (χ0v) is 19.1. The van der Waals surface area contributed by atoms with Crippen molar-refractivity contribution < 1.29 is 35.9 Å². The average Bonchev–Trinajstić information content (AvgIpc) is 3.14. The molecule has 3 N–H and O–H groups in total. The van der Waals surface area contributed by atoms with Gasteiger partial charge in [-0.3, -0.25) is 23.9 Å². The van der Waals surface area contributed by atoms with Crippen LogP contribution in [-0.2, 0) is 4.79 Å². The van der Waals surface area contributed by atoms with Crippen LogP contribution in [0.1, 0.15) is 30.1 Å². The number of hydrogen-bond acceptors (Lipinski definition) is 5. The summed E-state index contributed by atoms with van der Waals surface area (Å²) in [5.41, 5.74) is 2.47. The molecule has 37 heavy (non-hydrogen) atoms. The number of hydrogen-bond donors (Lipinski definition) is 2. The second-order valence-electron chi connectivity index (χ2n) is 8.45. The molecule has 8 nitrogen and oxygen atoms in total. The average molecular weight is 527 g/mol. The highest BCUT2D eigenvalue weighted by atomic mass is 19.4. The Morgan fingerprint density at radius 2 is 1.84 bits per heavy atom. The number of nitrogens with one attached hydrogen (secondary N) is 1. The number of aromatic nitrogens is 2. The number of fused-ring (bicyclic) bond motifs is 1. The molecular formula is C23H19F6N5O3. The van der Waals surface area contributed by atoms with E-state index in [0.29, 0.717) is 22.9 Å². The molecule has 3 heterocycles. The van der Waals surface area contributed by atoms with Gasteiger partial charge in [0.15, 0.2) is 17.3 Å². The highest BCUT2D eigenvalue weighted by Gasteiger charge is 2.40. The van der Waals surface area contributed by atoms with Crippen LogP contribution in [0, 0.1) is 17.5 Å². The smallest absolute Gasteiger partial charge is 0.340 e. The van der Waals surface area contributed by atoms with Crippen molar-refractivity contribution in [2.45, 2.75) is 38.0 Å². The van der Waals surface area contributed by atoms with Crippen LogP contribution in [-0.4, -0.2) is 46.2 Å². The van der Waals surface area contributed by atoms with Gasteiger partial charge in [-0.15, -0.1) is 0 Å². The van der Waals surface area contributed by atoms with Gasteiger partial charge in [0.1, 0.15) is 28.9 Å². The Labute approximate surface area is 204 Å². The van der Waals surface area contributed by atoms with Gasteiger partial charge in [0.25, 0.3) is 5.91 Å². The quantitative estimate of drug-likeness (QED) is 0.496. The number of carbonyl (C=O) groups is 2. The van der Waals surface area contributed by atoms with Gasteiger partial charge in [-0.25, -0.2) is 18.2 Å². The highest BCUT2D eigenvalue weighted by Crippen LogP contribution is 2.27. The van der Waals surface area contributed by atoms with Crippen LogP contribution < -0.4 is 21.4 Å². The lowest BCUT2D eigenvalue weighted by atomic mass is 10.1. The van der Waals surface area contributed by atoms with Gasteiger partial charge in [-0.1, -0.05) is 6.92 Å². The number of alkyl halides is 3. The number of halogens is 6. The van der Waals surface area contributed by atoms with E-state index in [9.17, 15) is 40.7 Å². The molecule has 2 atom stereocenters. The zero-order chi connectivity index (χ0) is 27.2. The number of nitrogens with zero attached hydrogens (tertiary/aromatic N) is 3. The third-order valence-electron chi connectivity index (χ3n) is 5.84. The number of nitrogens with two attached hydrogens (primary N) is 1. The molecule has 0 spiro atoms. The van der Waals surface area contributed by atoms with Crippen LogP contribution in [0.2, 0.25) is 0 Å². The maximum Gasteiger partial charge on any atom is 0.408 e. The molecule has 0 saturated carbocycles. The normalized spacial score (nSPS) is 16.9. The minimum atomic E-state index is -4.82. The van der Waals surface area contributed by atoms with Crippen LogP contribution >= 0.6 is 0 Å². The lowest BCUT2D eigenvalue weighted by Gasteiger charge is -2.21. The third kappa shape index (κ3) is 4.88. The molecule has 2 aromatic heterocycles. The molecule has 1 aliphatic rings. The summed E-state index contributed by atoms with van der Waals surface area (Å²) in [6, 6.07) is 0.217. The molecule has 3 aromatic rings. The van der Waals surface area contributed by atoms with Gasteiger partial charge in [-0.05, 0) is 18.6 Å². The number of pyridine rings is 2. The summed E-state index contributed by atoms with van der Waals surface area (Å²) in [5, 5.41) is 1.31. The molecule has 0 radical (unpaired) electrons. The molecule has 1 aromatic carbocycles. The van der Waals surface area contributed by atoms with E-state index in [1.54, 1.807) is 5.32 Å². The number of carbonyl (C=O) groups excluding carboxylic acids is 2. The van der Waals surface area contributed by atoms with Gasteiger partial charge in [0.2, 0.25) is 11.3 Å². The molecule has 2 unspecified atom stereocenters. The van der Waals surface area contributed by atoms with E-state index in [-0.39, 0.29) is 18.8 Å². The maximum absolute atomic E-state index is 14.8. The molecule has 2 amide bonds. The summed E-state index contributed by atoms with van der Waals surface area (Å²) in [6.45, 7) is 1.23. The molecule has 1 fully saturated rings. The van der Waals surface area contributed by atoms with Crippen molar-refractivity contribution in [1.82, 2.24) is 14.9 Å². The van der Waals surface area contributed by atoms with Gasteiger partial charge < -0.3 is 11.1 Å². The van der Waals surface area contributed by atoms with Gasteiger partial charge in [0.05, 0.1) is 5.39 Å². The zero-order valence-electron chi connectivity index (χ0n) is 19.1. The summed E-state index contributed by atoms with van der Waals surface area (Å²) in [6.07, 6.45) is -4.74. The second kappa shape index (κ2) is 9.50. The van der Waals surface area contributed by atoms with Crippen molar-refractivity contribution in [2.24, 2.45) is 5.73 Å². The fraction of sp³-hybridized carbons (Fsp3) is 0.304. The first-order valence-electron chi connectivity index (χ1n) is 11.0. The van der Waals surface area contributed by atoms with Crippen molar-refractivity contribution in [2.75, 3.05) is 11.4 Å². The van der Waals surface area contributed by atoms with Crippen molar-refractivity contribution >= 4 is 28.7 Å². The van der Waals surface area contributed by atoms with Gasteiger partial charge >= 0.3 is 6.18 Å². The summed E-state index contributed by atoms with van der Waals surface area (Å²) in [7, 11) is 0. The number of amides is 2. The van der Waals surface area contributed by atoms with Crippen molar-refractivity contribution in [3.05, 3.63) is 63.7 Å². The Morgan fingerprint density at radius 3 is 2.38 bits per heavy atom. The first kappa shape index (κ1) is 26.1. The van der Waals surface area contributed by atoms with E-state index in [0.717, 1.165) is 13.0 Å². The Kier molecular flexibility index (Phi) is 6.71.